The van der Waals surface area contributed by atoms with Gasteiger partial charge in [0.1, 0.15) is 0 Å². The van der Waals surface area contributed by atoms with Crippen molar-refractivity contribution in [1.29, 1.82) is 0 Å². The highest BCUT2D eigenvalue weighted by Gasteiger charge is 2.19. The molecular weight excluding hydrogens is 216 g/mol. The molecule has 1 rings (SSSR count). The van der Waals surface area contributed by atoms with E-state index in [9.17, 15) is 4.79 Å². The Morgan fingerprint density at radius 2 is 2.29 bits per heavy atom. The van der Waals surface area contributed by atoms with Crippen molar-refractivity contribution in [3.63, 3.8) is 0 Å². The maximum Gasteiger partial charge on any atom is 0.233 e. The third kappa shape index (κ3) is 6.03. The van der Waals surface area contributed by atoms with E-state index >= 15 is 0 Å². The molecule has 0 aromatic rings. The summed E-state index contributed by atoms with van der Waals surface area (Å²) in [4.78, 5) is 11.0. The quantitative estimate of drug-likeness (QED) is 0.425. The van der Waals surface area contributed by atoms with Gasteiger partial charge in [-0.25, -0.2) is 5.84 Å². The molecule has 0 heterocycles. The van der Waals surface area contributed by atoms with Crippen molar-refractivity contribution in [3.8, 4) is 0 Å². The normalized spacial score (nSPS) is 26.5. The van der Waals surface area contributed by atoms with E-state index in [0.29, 0.717) is 12.3 Å². The Morgan fingerprint density at radius 1 is 1.53 bits per heavy atom. The van der Waals surface area contributed by atoms with Crippen molar-refractivity contribution >= 4 is 5.91 Å². The molecule has 0 saturated heterocycles. The first kappa shape index (κ1) is 14.5. The second-order valence-electron chi connectivity index (χ2n) is 5.39. The van der Waals surface area contributed by atoms with Gasteiger partial charge >= 0.3 is 0 Å². The highest BCUT2D eigenvalue weighted by atomic mass is 16.5. The van der Waals surface area contributed by atoms with Crippen LogP contribution < -0.4 is 11.3 Å². The molecule has 17 heavy (non-hydrogen) atoms. The van der Waals surface area contributed by atoms with Crippen LogP contribution in [0.4, 0.5) is 0 Å². The molecule has 1 fully saturated rings. The number of carbonyl (C=O) groups is 1. The van der Waals surface area contributed by atoms with Gasteiger partial charge in [-0.1, -0.05) is 19.8 Å². The van der Waals surface area contributed by atoms with Gasteiger partial charge in [0.25, 0.3) is 0 Å². The van der Waals surface area contributed by atoms with Crippen LogP contribution >= 0.6 is 0 Å². The van der Waals surface area contributed by atoms with Gasteiger partial charge in [0.15, 0.2) is 0 Å². The first-order valence-corrected chi connectivity index (χ1v) is 6.72. The van der Waals surface area contributed by atoms with Gasteiger partial charge in [-0.05, 0) is 38.0 Å². The molecule has 0 radical (unpaired) electrons. The Balaban J connectivity index is 2.10. The fourth-order valence-corrected chi connectivity index (χ4v) is 2.50. The Kier molecular flexibility index (Phi) is 6.52. The summed E-state index contributed by atoms with van der Waals surface area (Å²) in [6, 6.07) is 0. The molecule has 1 saturated carbocycles. The maximum atomic E-state index is 11.0. The van der Waals surface area contributed by atoms with E-state index in [-0.39, 0.29) is 12.0 Å². The molecule has 0 aromatic heterocycles. The molecule has 3 unspecified atom stereocenters. The molecule has 3 N–H and O–H groups in total. The Bertz CT molecular complexity index is 233. The van der Waals surface area contributed by atoms with Gasteiger partial charge in [0.05, 0.1) is 6.10 Å². The molecule has 4 nitrogen and oxygen atoms in total. The maximum absolute atomic E-state index is 11.0. The minimum Gasteiger partial charge on any atom is -0.378 e. The van der Waals surface area contributed by atoms with Crippen LogP contribution in [-0.4, -0.2) is 18.6 Å². The summed E-state index contributed by atoms with van der Waals surface area (Å²) in [5.74, 6) is 6.46. The van der Waals surface area contributed by atoms with Crippen molar-refractivity contribution in [1.82, 2.24) is 5.43 Å². The van der Waals surface area contributed by atoms with E-state index < -0.39 is 0 Å². The number of hydrogen-bond donors (Lipinski definition) is 2. The molecule has 3 atom stereocenters. The van der Waals surface area contributed by atoms with Gasteiger partial charge in [-0.3, -0.25) is 10.2 Å². The number of nitrogens with two attached hydrogens (primary N) is 1. The largest absolute Gasteiger partial charge is 0.378 e. The van der Waals surface area contributed by atoms with Gasteiger partial charge in [0.2, 0.25) is 5.91 Å². The minimum absolute atomic E-state index is 0.119. The van der Waals surface area contributed by atoms with Crippen molar-refractivity contribution in [2.24, 2.45) is 17.7 Å². The fraction of sp³-hybridized carbons (Fsp3) is 0.923. The molecule has 0 bridgehead atoms. The fourth-order valence-electron chi connectivity index (χ4n) is 2.50. The lowest BCUT2D eigenvalue weighted by Crippen LogP contribution is -2.30. The SMILES string of the molecule is CC1CCCC(COC(C)CCC(=O)NN)C1. The van der Waals surface area contributed by atoms with Crippen LogP contribution in [0.25, 0.3) is 0 Å². The zero-order chi connectivity index (χ0) is 12.7. The summed E-state index contributed by atoms with van der Waals surface area (Å²) in [6.07, 6.45) is 6.60. The van der Waals surface area contributed by atoms with Crippen LogP contribution in [0.1, 0.15) is 52.4 Å². The third-order valence-electron chi connectivity index (χ3n) is 3.60. The minimum atomic E-state index is -0.119. The highest BCUT2D eigenvalue weighted by Crippen LogP contribution is 2.28. The van der Waals surface area contributed by atoms with Crippen LogP contribution in [0.15, 0.2) is 0 Å². The molecule has 1 amide bonds. The standard InChI is InChI=1S/C13H26N2O2/c1-10-4-3-5-12(8-10)9-17-11(2)6-7-13(16)15-14/h10-12H,3-9,14H2,1-2H3,(H,15,16). The molecule has 0 aliphatic heterocycles. The summed E-state index contributed by atoms with van der Waals surface area (Å²) in [5.41, 5.74) is 2.14. The van der Waals surface area contributed by atoms with Crippen molar-refractivity contribution in [3.05, 3.63) is 0 Å². The zero-order valence-electron chi connectivity index (χ0n) is 11.1. The van der Waals surface area contributed by atoms with E-state index in [4.69, 9.17) is 10.6 Å². The molecule has 4 heteroatoms. The number of hydrogen-bond acceptors (Lipinski definition) is 3. The average Bonchev–Trinajstić information content (AvgIpc) is 2.33. The lowest BCUT2D eigenvalue weighted by atomic mass is 9.83. The van der Waals surface area contributed by atoms with Crippen molar-refractivity contribution in [2.75, 3.05) is 6.61 Å². The number of ether oxygens (including phenoxy) is 1. The monoisotopic (exact) mass is 242 g/mol. The topological polar surface area (TPSA) is 64.3 Å². The number of rotatable bonds is 6. The Hall–Kier alpha value is -0.610. The smallest absolute Gasteiger partial charge is 0.233 e. The van der Waals surface area contributed by atoms with Crippen molar-refractivity contribution in [2.45, 2.75) is 58.5 Å². The summed E-state index contributed by atoms with van der Waals surface area (Å²) >= 11 is 0. The average molecular weight is 242 g/mol. The predicted octanol–water partition coefficient (Wildman–Crippen LogP) is 1.99. The summed E-state index contributed by atoms with van der Waals surface area (Å²) in [5, 5.41) is 0. The van der Waals surface area contributed by atoms with E-state index in [1.807, 2.05) is 6.92 Å². The van der Waals surface area contributed by atoms with Gasteiger partial charge in [-0.15, -0.1) is 0 Å². The van der Waals surface area contributed by atoms with E-state index in [2.05, 4.69) is 12.3 Å². The lowest BCUT2D eigenvalue weighted by Gasteiger charge is -2.27. The third-order valence-corrected chi connectivity index (χ3v) is 3.60. The molecule has 100 valence electrons. The van der Waals surface area contributed by atoms with Crippen LogP contribution in [0.5, 0.6) is 0 Å². The van der Waals surface area contributed by atoms with Gasteiger partial charge in [0, 0.05) is 13.0 Å². The molecule has 0 aromatic carbocycles. The van der Waals surface area contributed by atoms with Gasteiger partial charge < -0.3 is 4.74 Å². The summed E-state index contributed by atoms with van der Waals surface area (Å²) in [7, 11) is 0. The van der Waals surface area contributed by atoms with E-state index in [0.717, 1.165) is 18.9 Å². The van der Waals surface area contributed by atoms with E-state index in [1.165, 1.54) is 25.7 Å². The zero-order valence-corrected chi connectivity index (χ0v) is 11.1. The van der Waals surface area contributed by atoms with Crippen LogP contribution in [0, 0.1) is 11.8 Å². The van der Waals surface area contributed by atoms with Crippen LogP contribution in [0.3, 0.4) is 0 Å². The first-order chi connectivity index (χ1) is 8.11. The number of nitrogens with one attached hydrogen (secondary N) is 1. The lowest BCUT2D eigenvalue weighted by molar-refractivity contribution is -0.121. The summed E-state index contributed by atoms with van der Waals surface area (Å²) < 4.78 is 5.80. The number of carbonyl (C=O) groups excluding carboxylic acids is 1. The Labute approximate surface area is 104 Å². The second kappa shape index (κ2) is 7.67. The van der Waals surface area contributed by atoms with Gasteiger partial charge in [-0.2, -0.15) is 0 Å². The molecule has 1 aliphatic rings. The van der Waals surface area contributed by atoms with Crippen LogP contribution in [-0.2, 0) is 9.53 Å². The first-order valence-electron chi connectivity index (χ1n) is 6.72. The predicted molar refractivity (Wildman–Crippen MR) is 68.1 cm³/mol. The number of amides is 1. The number of hydrazine groups is 1. The van der Waals surface area contributed by atoms with E-state index in [1.54, 1.807) is 0 Å². The Morgan fingerprint density at radius 3 is 2.94 bits per heavy atom. The second-order valence-corrected chi connectivity index (χ2v) is 5.39. The molecular formula is C13H26N2O2. The van der Waals surface area contributed by atoms with Crippen molar-refractivity contribution < 1.29 is 9.53 Å². The summed E-state index contributed by atoms with van der Waals surface area (Å²) in [6.45, 7) is 5.19. The highest BCUT2D eigenvalue weighted by molar-refractivity contribution is 5.75. The molecule has 0 spiro atoms. The molecule has 1 aliphatic carbocycles. The van der Waals surface area contributed by atoms with Crippen LogP contribution in [0.2, 0.25) is 0 Å².